The molecule has 2 N–H and O–H groups in total. The van der Waals surface area contributed by atoms with Gasteiger partial charge >= 0.3 is 0 Å². The van der Waals surface area contributed by atoms with E-state index >= 15 is 0 Å². The minimum Gasteiger partial charge on any atom is -0.494 e. The monoisotopic (exact) mass is 443 g/mol. The standard InChI is InChI=1S/C27H29N3O3/c1-3-31-20-10-8-19(9-11-20)26-22-15-30(14-18-6-4-17(2)5-7-18)23-13-25-24(32-16-33-25)12-21(23)27(22)29-28-26/h4-13,22,26-29H,3,14-16H2,1-2H3. The van der Waals surface area contributed by atoms with E-state index in [1.54, 1.807) is 0 Å². The highest BCUT2D eigenvalue weighted by Crippen LogP contribution is 2.49. The summed E-state index contributed by atoms with van der Waals surface area (Å²) in [6, 6.07) is 22.0. The summed E-state index contributed by atoms with van der Waals surface area (Å²) < 4.78 is 17.1. The van der Waals surface area contributed by atoms with Crippen LogP contribution in [0.2, 0.25) is 0 Å². The van der Waals surface area contributed by atoms with E-state index in [2.05, 4.69) is 83.3 Å². The summed E-state index contributed by atoms with van der Waals surface area (Å²) in [6.07, 6.45) is 0. The third-order valence-corrected chi connectivity index (χ3v) is 6.92. The Balaban J connectivity index is 1.35. The van der Waals surface area contributed by atoms with Crippen LogP contribution in [0.1, 0.15) is 41.3 Å². The van der Waals surface area contributed by atoms with Crippen molar-refractivity contribution in [3.63, 3.8) is 0 Å². The third-order valence-electron chi connectivity index (χ3n) is 6.92. The predicted octanol–water partition coefficient (Wildman–Crippen LogP) is 4.65. The molecule has 3 aromatic carbocycles. The van der Waals surface area contributed by atoms with Crippen LogP contribution < -0.4 is 30.0 Å². The topological polar surface area (TPSA) is 55.0 Å². The highest BCUT2D eigenvalue weighted by molar-refractivity contribution is 5.66. The molecule has 3 unspecified atom stereocenters. The quantitative estimate of drug-likeness (QED) is 0.599. The summed E-state index contributed by atoms with van der Waals surface area (Å²) >= 11 is 0. The molecular weight excluding hydrogens is 414 g/mol. The Morgan fingerprint density at radius 3 is 2.42 bits per heavy atom. The van der Waals surface area contributed by atoms with E-state index < -0.39 is 0 Å². The number of rotatable bonds is 5. The molecular formula is C27H29N3O3. The van der Waals surface area contributed by atoms with Crippen LogP contribution in [0.5, 0.6) is 17.2 Å². The first-order valence-corrected chi connectivity index (χ1v) is 11.7. The van der Waals surface area contributed by atoms with E-state index in [0.29, 0.717) is 12.5 Å². The average molecular weight is 444 g/mol. The van der Waals surface area contributed by atoms with Crippen LogP contribution in [0, 0.1) is 12.8 Å². The van der Waals surface area contributed by atoms with E-state index in [4.69, 9.17) is 14.2 Å². The van der Waals surface area contributed by atoms with E-state index in [-0.39, 0.29) is 18.9 Å². The number of ether oxygens (including phenoxy) is 3. The zero-order valence-corrected chi connectivity index (χ0v) is 19.0. The Bertz CT molecular complexity index is 1150. The van der Waals surface area contributed by atoms with Crippen LogP contribution in [0.3, 0.4) is 0 Å². The van der Waals surface area contributed by atoms with Crippen molar-refractivity contribution in [2.45, 2.75) is 32.5 Å². The van der Waals surface area contributed by atoms with Gasteiger partial charge in [0.15, 0.2) is 11.5 Å². The van der Waals surface area contributed by atoms with Gasteiger partial charge in [-0.3, -0.25) is 0 Å². The highest BCUT2D eigenvalue weighted by Gasteiger charge is 2.44. The number of hydrogen-bond acceptors (Lipinski definition) is 6. The molecule has 0 saturated carbocycles. The normalized spacial score (nSPS) is 22.7. The van der Waals surface area contributed by atoms with Crippen molar-refractivity contribution in [3.05, 3.63) is 82.9 Å². The van der Waals surface area contributed by atoms with Crippen LogP contribution >= 0.6 is 0 Å². The average Bonchev–Trinajstić information content (AvgIpc) is 3.47. The summed E-state index contributed by atoms with van der Waals surface area (Å²) in [5.74, 6) is 2.93. The van der Waals surface area contributed by atoms with Crippen molar-refractivity contribution in [3.8, 4) is 17.2 Å². The molecule has 6 nitrogen and oxygen atoms in total. The van der Waals surface area contributed by atoms with Crippen LogP contribution in [-0.4, -0.2) is 19.9 Å². The maximum absolute atomic E-state index is 5.72. The Hall–Kier alpha value is -3.22. The van der Waals surface area contributed by atoms with Gasteiger partial charge in [-0.15, -0.1) is 0 Å². The van der Waals surface area contributed by atoms with Crippen LogP contribution in [0.15, 0.2) is 60.7 Å². The first kappa shape index (κ1) is 20.4. The summed E-state index contributed by atoms with van der Waals surface area (Å²) in [5.41, 5.74) is 13.5. The smallest absolute Gasteiger partial charge is 0.231 e. The number of hydrazine groups is 1. The number of anilines is 1. The largest absolute Gasteiger partial charge is 0.494 e. The van der Waals surface area contributed by atoms with Crippen molar-refractivity contribution >= 4 is 5.69 Å². The van der Waals surface area contributed by atoms with Crippen LogP contribution in [-0.2, 0) is 6.54 Å². The maximum Gasteiger partial charge on any atom is 0.231 e. The van der Waals surface area contributed by atoms with Gasteiger partial charge in [-0.05, 0) is 48.7 Å². The molecule has 0 radical (unpaired) electrons. The molecule has 170 valence electrons. The van der Waals surface area contributed by atoms with Gasteiger partial charge in [0.2, 0.25) is 6.79 Å². The zero-order valence-electron chi connectivity index (χ0n) is 19.0. The minimum atomic E-state index is 0.195. The molecule has 3 heterocycles. The molecule has 3 atom stereocenters. The number of nitrogens with one attached hydrogen (secondary N) is 2. The van der Waals surface area contributed by atoms with E-state index in [0.717, 1.165) is 30.3 Å². The fourth-order valence-electron chi connectivity index (χ4n) is 5.26. The van der Waals surface area contributed by atoms with Gasteiger partial charge in [0.25, 0.3) is 0 Å². The van der Waals surface area contributed by atoms with Gasteiger partial charge in [-0.25, -0.2) is 10.9 Å². The predicted molar refractivity (Wildman–Crippen MR) is 128 cm³/mol. The molecule has 0 bridgehead atoms. The lowest BCUT2D eigenvalue weighted by Gasteiger charge is -2.39. The van der Waals surface area contributed by atoms with Crippen molar-refractivity contribution < 1.29 is 14.2 Å². The first-order chi connectivity index (χ1) is 16.2. The van der Waals surface area contributed by atoms with Gasteiger partial charge in [0.05, 0.1) is 18.7 Å². The lowest BCUT2D eigenvalue weighted by Crippen LogP contribution is -2.39. The number of hydrogen-bond donors (Lipinski definition) is 2. The summed E-state index contributed by atoms with van der Waals surface area (Å²) in [4.78, 5) is 2.49. The van der Waals surface area contributed by atoms with Gasteiger partial charge in [-0.2, -0.15) is 0 Å². The zero-order chi connectivity index (χ0) is 22.4. The number of benzene rings is 3. The molecule has 1 saturated heterocycles. The molecule has 0 amide bonds. The maximum atomic E-state index is 5.72. The van der Waals surface area contributed by atoms with Gasteiger partial charge < -0.3 is 19.1 Å². The van der Waals surface area contributed by atoms with E-state index in [9.17, 15) is 0 Å². The molecule has 6 rings (SSSR count). The Morgan fingerprint density at radius 2 is 1.67 bits per heavy atom. The Morgan fingerprint density at radius 1 is 0.939 bits per heavy atom. The molecule has 3 aliphatic rings. The SMILES string of the molecule is CCOc1ccc(C2NNC3c4cc5c(cc4N(Cc4ccc(C)cc4)CC23)OCO5)cc1. The molecule has 1 fully saturated rings. The van der Waals surface area contributed by atoms with Gasteiger partial charge in [0.1, 0.15) is 5.75 Å². The van der Waals surface area contributed by atoms with Crippen LogP contribution in [0.25, 0.3) is 0 Å². The Kier molecular flexibility index (Phi) is 5.12. The highest BCUT2D eigenvalue weighted by atomic mass is 16.7. The van der Waals surface area contributed by atoms with Crippen molar-refractivity contribution in [1.82, 2.24) is 10.9 Å². The van der Waals surface area contributed by atoms with Crippen molar-refractivity contribution in [2.24, 2.45) is 5.92 Å². The lowest BCUT2D eigenvalue weighted by molar-refractivity contribution is 0.174. The Labute approximate surface area is 194 Å². The van der Waals surface area contributed by atoms with Crippen LogP contribution in [0.4, 0.5) is 5.69 Å². The third kappa shape index (κ3) is 3.69. The molecule has 6 heteroatoms. The second-order valence-electron chi connectivity index (χ2n) is 9.04. The summed E-state index contributed by atoms with van der Waals surface area (Å²) in [6.45, 7) is 6.88. The fraction of sp³-hybridized carbons (Fsp3) is 0.333. The first-order valence-electron chi connectivity index (χ1n) is 11.7. The molecule has 0 aliphatic carbocycles. The molecule has 33 heavy (non-hydrogen) atoms. The minimum absolute atomic E-state index is 0.195. The second-order valence-corrected chi connectivity index (χ2v) is 9.04. The second kappa shape index (κ2) is 8.28. The summed E-state index contributed by atoms with van der Waals surface area (Å²) in [5, 5.41) is 0. The van der Waals surface area contributed by atoms with Crippen molar-refractivity contribution in [1.29, 1.82) is 0 Å². The lowest BCUT2D eigenvalue weighted by atomic mass is 9.81. The molecule has 0 aromatic heterocycles. The summed E-state index contributed by atoms with van der Waals surface area (Å²) in [7, 11) is 0. The van der Waals surface area contributed by atoms with Crippen molar-refractivity contribution in [2.75, 3.05) is 24.8 Å². The molecule has 3 aliphatic heterocycles. The molecule has 3 aromatic rings. The number of nitrogens with zero attached hydrogens (tertiary/aromatic N) is 1. The van der Waals surface area contributed by atoms with E-state index in [1.165, 1.54) is 27.9 Å². The van der Waals surface area contributed by atoms with Gasteiger partial charge in [0, 0.05) is 30.8 Å². The fourth-order valence-corrected chi connectivity index (χ4v) is 5.26. The molecule has 0 spiro atoms. The van der Waals surface area contributed by atoms with Gasteiger partial charge in [-0.1, -0.05) is 42.0 Å². The van der Waals surface area contributed by atoms with E-state index in [1.807, 2.05) is 6.92 Å². The number of fused-ring (bicyclic) bond motifs is 4. The number of aryl methyl sites for hydroxylation is 1.